The van der Waals surface area contributed by atoms with Gasteiger partial charge in [0, 0.05) is 0 Å². The summed E-state index contributed by atoms with van der Waals surface area (Å²) >= 11 is 0. The molecule has 4 rings (SSSR count). The van der Waals surface area contributed by atoms with Crippen LogP contribution in [-0.2, 0) is 21.7 Å². The van der Waals surface area contributed by atoms with Crippen molar-refractivity contribution < 1.29 is 46.5 Å². The van der Waals surface area contributed by atoms with Crippen molar-refractivity contribution in [3.63, 3.8) is 0 Å². The van der Waals surface area contributed by atoms with E-state index in [1.165, 1.54) is 36.8 Å². The first kappa shape index (κ1) is 21.6. The zero-order valence-corrected chi connectivity index (χ0v) is 15.6. The SMILES string of the molecule is [C-]1=Cc2ccccc2C1C1CCCC1.[Cl-].[Cl-].[Ti+4].c1cc[cH-]c1. The molecule has 0 heterocycles. The summed E-state index contributed by atoms with van der Waals surface area (Å²) < 4.78 is 0. The second-order valence-corrected chi connectivity index (χ2v) is 5.42. The molecule has 2 aromatic rings. The monoisotopic (exact) mass is 366 g/mol. The minimum absolute atomic E-state index is 0. The molecule has 0 spiro atoms. The largest absolute Gasteiger partial charge is 4.00 e. The van der Waals surface area contributed by atoms with E-state index in [9.17, 15) is 0 Å². The van der Waals surface area contributed by atoms with Crippen LogP contribution in [0.5, 0.6) is 0 Å². The molecule has 0 N–H and O–H groups in total. The summed E-state index contributed by atoms with van der Waals surface area (Å²) in [5.74, 6) is 1.48. The van der Waals surface area contributed by atoms with E-state index < -0.39 is 0 Å². The summed E-state index contributed by atoms with van der Waals surface area (Å²) in [4.78, 5) is 0. The Morgan fingerprint density at radius 3 is 2.14 bits per heavy atom. The van der Waals surface area contributed by atoms with Crippen LogP contribution in [0.3, 0.4) is 0 Å². The Hall–Kier alpha value is -0.396. The molecule has 0 nitrogen and oxygen atoms in total. The van der Waals surface area contributed by atoms with Crippen LogP contribution < -0.4 is 24.8 Å². The van der Waals surface area contributed by atoms with E-state index in [2.05, 4.69) is 36.4 Å². The van der Waals surface area contributed by atoms with Crippen LogP contribution in [0.4, 0.5) is 0 Å². The predicted molar refractivity (Wildman–Crippen MR) is 80.9 cm³/mol. The number of hydrogen-bond donors (Lipinski definition) is 0. The molecule has 0 aromatic heterocycles. The van der Waals surface area contributed by atoms with Gasteiger partial charge in [-0.15, -0.1) is 11.6 Å². The van der Waals surface area contributed by atoms with Gasteiger partial charge >= 0.3 is 21.7 Å². The number of fused-ring (bicyclic) bond motifs is 1. The predicted octanol–water partition coefficient (Wildman–Crippen LogP) is -0.799. The standard InChI is InChI=1S/C14H15.C5H5.2ClH.Ti/c1-2-6-11(5-1)14-10-9-12-7-3-4-8-13(12)14;1-2-4-5-3-1;;;/h3-4,7-9,11,14H,1-2,5-6H2;1-5H;2*1H;/q2*-1;;;+4/p-2. The molecule has 3 heteroatoms. The van der Waals surface area contributed by atoms with E-state index in [1.807, 2.05) is 30.3 Å². The summed E-state index contributed by atoms with van der Waals surface area (Å²) in [6.45, 7) is 0. The number of benzene rings is 1. The molecule has 0 saturated heterocycles. The Kier molecular flexibility index (Phi) is 11.0. The van der Waals surface area contributed by atoms with E-state index in [0.717, 1.165) is 5.92 Å². The molecule has 0 amide bonds. The van der Waals surface area contributed by atoms with Crippen molar-refractivity contribution >= 4 is 6.08 Å². The molecule has 2 aromatic carbocycles. The van der Waals surface area contributed by atoms with Crippen LogP contribution in [0.1, 0.15) is 42.7 Å². The minimum atomic E-state index is 0. The summed E-state index contributed by atoms with van der Waals surface area (Å²) in [5, 5.41) is 0. The van der Waals surface area contributed by atoms with Crippen molar-refractivity contribution in [1.29, 1.82) is 0 Å². The van der Waals surface area contributed by atoms with Gasteiger partial charge in [-0.25, -0.2) is 18.2 Å². The Balaban J connectivity index is 0.000000482. The van der Waals surface area contributed by atoms with Crippen molar-refractivity contribution in [1.82, 2.24) is 0 Å². The summed E-state index contributed by atoms with van der Waals surface area (Å²) in [6.07, 6.45) is 11.4. The van der Waals surface area contributed by atoms with Crippen molar-refractivity contribution in [3.8, 4) is 0 Å². The van der Waals surface area contributed by atoms with Gasteiger partial charge in [-0.2, -0.15) is 23.8 Å². The second-order valence-electron chi connectivity index (χ2n) is 5.42. The topological polar surface area (TPSA) is 0 Å². The van der Waals surface area contributed by atoms with Crippen LogP contribution in [0, 0.1) is 12.0 Å². The first-order valence-electron chi connectivity index (χ1n) is 7.30. The fraction of sp³-hybridized carbons (Fsp3) is 0.316. The molecule has 22 heavy (non-hydrogen) atoms. The molecule has 1 unspecified atom stereocenters. The third kappa shape index (κ3) is 5.35. The maximum absolute atomic E-state index is 3.54. The molecule has 1 atom stereocenters. The number of allylic oxidation sites excluding steroid dienone is 1. The molecule has 0 radical (unpaired) electrons. The van der Waals surface area contributed by atoms with Gasteiger partial charge in [-0.3, -0.25) is 6.08 Å². The normalized spacial score (nSPS) is 18.1. The molecule has 114 valence electrons. The molecule has 0 bridgehead atoms. The quantitative estimate of drug-likeness (QED) is 0.458. The second kappa shape index (κ2) is 11.2. The number of halogens is 2. The summed E-state index contributed by atoms with van der Waals surface area (Å²) in [5.41, 5.74) is 2.91. The number of hydrogen-bond acceptors (Lipinski definition) is 0. The fourth-order valence-electron chi connectivity index (χ4n) is 3.20. The molecular weight excluding hydrogens is 347 g/mol. The van der Waals surface area contributed by atoms with E-state index in [1.54, 1.807) is 0 Å². The molecule has 1 fully saturated rings. The van der Waals surface area contributed by atoms with Gasteiger partial charge in [0.15, 0.2) is 0 Å². The Morgan fingerprint density at radius 1 is 0.909 bits per heavy atom. The Labute approximate surface area is 161 Å². The van der Waals surface area contributed by atoms with Crippen molar-refractivity contribution in [2.24, 2.45) is 5.92 Å². The van der Waals surface area contributed by atoms with E-state index in [-0.39, 0.29) is 46.5 Å². The van der Waals surface area contributed by atoms with Crippen LogP contribution >= 0.6 is 0 Å². The molecule has 2 aliphatic carbocycles. The minimum Gasteiger partial charge on any atom is -1.00 e. The third-order valence-corrected chi connectivity index (χ3v) is 4.18. The van der Waals surface area contributed by atoms with E-state index in [4.69, 9.17) is 0 Å². The van der Waals surface area contributed by atoms with E-state index >= 15 is 0 Å². The van der Waals surface area contributed by atoms with Crippen molar-refractivity contribution in [2.45, 2.75) is 31.6 Å². The van der Waals surface area contributed by atoms with Crippen LogP contribution in [0.2, 0.25) is 0 Å². The smallest absolute Gasteiger partial charge is 1.00 e. The van der Waals surface area contributed by atoms with Gasteiger partial charge in [0.25, 0.3) is 0 Å². The maximum atomic E-state index is 3.54. The van der Waals surface area contributed by atoms with Gasteiger partial charge in [0.1, 0.15) is 0 Å². The van der Waals surface area contributed by atoms with Gasteiger partial charge in [-0.05, 0) is 5.92 Å². The van der Waals surface area contributed by atoms with Crippen LogP contribution in [-0.4, -0.2) is 0 Å². The maximum Gasteiger partial charge on any atom is 4.00 e. The van der Waals surface area contributed by atoms with E-state index in [0.29, 0.717) is 5.92 Å². The molecule has 1 saturated carbocycles. The Morgan fingerprint density at radius 2 is 1.55 bits per heavy atom. The Bertz CT molecular complexity index is 511. The van der Waals surface area contributed by atoms with Crippen molar-refractivity contribution in [3.05, 3.63) is 71.8 Å². The van der Waals surface area contributed by atoms with Gasteiger partial charge < -0.3 is 24.8 Å². The van der Waals surface area contributed by atoms with Gasteiger partial charge in [-0.1, -0.05) is 49.8 Å². The number of rotatable bonds is 1. The first-order valence-corrected chi connectivity index (χ1v) is 7.30. The fourth-order valence-corrected chi connectivity index (χ4v) is 3.20. The van der Waals surface area contributed by atoms with Crippen LogP contribution in [0.25, 0.3) is 6.08 Å². The van der Waals surface area contributed by atoms with Gasteiger partial charge in [0.2, 0.25) is 0 Å². The molecule has 2 aliphatic rings. The molecule has 0 aliphatic heterocycles. The summed E-state index contributed by atoms with van der Waals surface area (Å²) in [7, 11) is 0. The van der Waals surface area contributed by atoms with Gasteiger partial charge in [0.05, 0.1) is 0 Å². The third-order valence-electron chi connectivity index (χ3n) is 4.18. The average molecular weight is 367 g/mol. The zero-order valence-electron chi connectivity index (χ0n) is 12.5. The average Bonchev–Trinajstić information content (AvgIpc) is 3.21. The summed E-state index contributed by atoms with van der Waals surface area (Å²) in [6, 6.07) is 18.8. The van der Waals surface area contributed by atoms with Crippen molar-refractivity contribution in [2.75, 3.05) is 0 Å². The van der Waals surface area contributed by atoms with Crippen LogP contribution in [0.15, 0.2) is 54.6 Å². The molecular formula is C19H20Cl2Ti. The first-order chi connectivity index (χ1) is 9.45. The zero-order chi connectivity index (χ0) is 12.9.